The third-order valence-electron chi connectivity index (χ3n) is 2.36. The average molecular weight is 230 g/mol. The second kappa shape index (κ2) is 4.43. The molecule has 0 bridgehead atoms. The molecule has 0 unspecified atom stereocenters. The lowest BCUT2D eigenvalue weighted by Gasteiger charge is -2.07. The normalized spacial score (nSPS) is 23.6. The molecule has 0 aromatic heterocycles. The predicted octanol–water partition coefficient (Wildman–Crippen LogP) is 1.81. The first-order chi connectivity index (χ1) is 6.77. The highest BCUT2D eigenvalue weighted by Crippen LogP contribution is 2.18. The van der Waals surface area contributed by atoms with Crippen LogP contribution in [0.25, 0.3) is 0 Å². The summed E-state index contributed by atoms with van der Waals surface area (Å²) in [6, 6.07) is 7.27. The Morgan fingerprint density at radius 1 is 1.36 bits per heavy atom. The van der Waals surface area contributed by atoms with Crippen LogP contribution in [0.4, 0.5) is 0 Å². The first kappa shape index (κ1) is 10.1. The Bertz CT molecular complexity index is 332. The Balaban J connectivity index is 2.14. The van der Waals surface area contributed by atoms with Gasteiger partial charge in [-0.15, -0.1) is 0 Å². The molecule has 1 aromatic carbocycles. The van der Waals surface area contributed by atoms with Gasteiger partial charge >= 0.3 is 0 Å². The van der Waals surface area contributed by atoms with Gasteiger partial charge in [0, 0.05) is 16.5 Å². The van der Waals surface area contributed by atoms with Crippen LogP contribution in [-0.4, -0.2) is 22.5 Å². The third-order valence-corrected chi connectivity index (χ3v) is 4.36. The van der Waals surface area contributed by atoms with E-state index in [1.165, 1.54) is 0 Å². The van der Waals surface area contributed by atoms with Gasteiger partial charge in [-0.2, -0.15) is 0 Å². The smallest absolute Gasteiger partial charge is 0.0574 e. The van der Waals surface area contributed by atoms with Crippen molar-refractivity contribution < 1.29 is 4.21 Å². The van der Waals surface area contributed by atoms with Gasteiger partial charge in [-0.3, -0.25) is 4.21 Å². The molecule has 0 radical (unpaired) electrons. The first-order valence-corrected chi connectivity index (χ1v) is 6.23. The monoisotopic (exact) mass is 229 g/mol. The van der Waals surface area contributed by atoms with E-state index in [4.69, 9.17) is 11.6 Å². The Labute approximate surface area is 91.1 Å². The van der Waals surface area contributed by atoms with E-state index in [9.17, 15) is 4.21 Å². The highest BCUT2D eigenvalue weighted by atomic mass is 35.5. The fourth-order valence-corrected chi connectivity index (χ4v) is 3.09. The van der Waals surface area contributed by atoms with Gasteiger partial charge in [0.2, 0.25) is 0 Å². The standard InChI is InChI=1S/C10H12ClNOS/c11-8-1-3-9(4-2-8)14(13)10-5-6-12-7-10/h1-4,10,12H,5-7H2/t10-,14-/m0/s1. The summed E-state index contributed by atoms with van der Waals surface area (Å²) in [4.78, 5) is 0.878. The van der Waals surface area contributed by atoms with Crippen LogP contribution in [0.2, 0.25) is 5.02 Å². The lowest BCUT2D eigenvalue weighted by Crippen LogP contribution is -2.18. The SMILES string of the molecule is O=[S@@](c1ccc(Cl)cc1)[C@H]1CCNC1. The topological polar surface area (TPSA) is 29.1 Å². The minimum absolute atomic E-state index is 0.260. The fourth-order valence-electron chi connectivity index (χ4n) is 1.57. The molecule has 1 aliphatic rings. The van der Waals surface area contributed by atoms with Crippen molar-refractivity contribution in [3.63, 3.8) is 0 Å². The highest BCUT2D eigenvalue weighted by Gasteiger charge is 2.21. The van der Waals surface area contributed by atoms with E-state index in [2.05, 4.69) is 5.32 Å². The maximum atomic E-state index is 12.0. The lowest BCUT2D eigenvalue weighted by atomic mass is 10.4. The molecular weight excluding hydrogens is 218 g/mol. The molecule has 2 rings (SSSR count). The van der Waals surface area contributed by atoms with Crippen LogP contribution in [-0.2, 0) is 10.8 Å². The molecule has 1 saturated heterocycles. The molecule has 1 aliphatic heterocycles. The zero-order chi connectivity index (χ0) is 9.97. The van der Waals surface area contributed by atoms with Crippen LogP contribution in [0.1, 0.15) is 6.42 Å². The van der Waals surface area contributed by atoms with Crippen molar-refractivity contribution in [1.82, 2.24) is 5.32 Å². The van der Waals surface area contributed by atoms with Gasteiger partial charge < -0.3 is 5.32 Å². The van der Waals surface area contributed by atoms with E-state index in [0.717, 1.165) is 24.4 Å². The van der Waals surface area contributed by atoms with E-state index in [1.54, 1.807) is 12.1 Å². The van der Waals surface area contributed by atoms with Crippen LogP contribution in [0.5, 0.6) is 0 Å². The number of halogens is 1. The van der Waals surface area contributed by atoms with Crippen molar-refractivity contribution in [2.24, 2.45) is 0 Å². The number of hydrogen-bond donors (Lipinski definition) is 1. The summed E-state index contributed by atoms with van der Waals surface area (Å²) in [5, 5.41) is 4.17. The number of rotatable bonds is 2. The summed E-state index contributed by atoms with van der Waals surface area (Å²) < 4.78 is 12.0. The second-order valence-corrected chi connectivity index (χ2v) is 5.54. The van der Waals surface area contributed by atoms with Crippen LogP contribution < -0.4 is 5.32 Å². The van der Waals surface area contributed by atoms with E-state index in [0.29, 0.717) is 5.02 Å². The molecule has 1 fully saturated rings. The van der Waals surface area contributed by atoms with Gasteiger partial charge in [0.25, 0.3) is 0 Å². The van der Waals surface area contributed by atoms with Gasteiger partial charge in [0.05, 0.1) is 16.0 Å². The predicted molar refractivity (Wildman–Crippen MR) is 59.1 cm³/mol. The minimum Gasteiger partial charge on any atom is -0.315 e. The van der Waals surface area contributed by atoms with Crippen molar-refractivity contribution in [2.45, 2.75) is 16.6 Å². The molecule has 4 heteroatoms. The summed E-state index contributed by atoms with van der Waals surface area (Å²) in [6.45, 7) is 1.83. The Morgan fingerprint density at radius 3 is 2.64 bits per heavy atom. The van der Waals surface area contributed by atoms with Crippen LogP contribution in [0, 0.1) is 0 Å². The molecule has 2 nitrogen and oxygen atoms in total. The van der Waals surface area contributed by atoms with Crippen LogP contribution in [0.3, 0.4) is 0 Å². The van der Waals surface area contributed by atoms with Gasteiger partial charge in [0.15, 0.2) is 0 Å². The van der Waals surface area contributed by atoms with Crippen molar-refractivity contribution in [1.29, 1.82) is 0 Å². The molecule has 1 N–H and O–H groups in total. The molecule has 0 spiro atoms. The summed E-state index contributed by atoms with van der Waals surface area (Å²) in [5.41, 5.74) is 0. The van der Waals surface area contributed by atoms with Crippen molar-refractivity contribution in [2.75, 3.05) is 13.1 Å². The summed E-state index contributed by atoms with van der Waals surface area (Å²) in [7, 11) is -0.888. The molecule has 2 atom stereocenters. The van der Waals surface area contributed by atoms with Crippen molar-refractivity contribution in [3.8, 4) is 0 Å². The molecule has 14 heavy (non-hydrogen) atoms. The summed E-state index contributed by atoms with van der Waals surface area (Å²) in [5.74, 6) is 0. The number of nitrogens with one attached hydrogen (secondary N) is 1. The average Bonchev–Trinajstić information content (AvgIpc) is 2.71. The Hall–Kier alpha value is -0.380. The molecular formula is C10H12ClNOS. The zero-order valence-electron chi connectivity index (χ0n) is 7.70. The fraction of sp³-hybridized carbons (Fsp3) is 0.400. The number of benzene rings is 1. The van der Waals surface area contributed by atoms with Crippen molar-refractivity contribution in [3.05, 3.63) is 29.3 Å². The molecule has 0 saturated carbocycles. The maximum absolute atomic E-state index is 12.0. The Morgan fingerprint density at radius 2 is 2.07 bits per heavy atom. The second-order valence-electron chi connectivity index (χ2n) is 3.37. The highest BCUT2D eigenvalue weighted by molar-refractivity contribution is 7.85. The lowest BCUT2D eigenvalue weighted by molar-refractivity contribution is 0.672. The quantitative estimate of drug-likeness (QED) is 0.838. The molecule has 76 valence electrons. The molecule has 0 amide bonds. The molecule has 0 aliphatic carbocycles. The van der Waals surface area contributed by atoms with E-state index in [1.807, 2.05) is 12.1 Å². The van der Waals surface area contributed by atoms with Gasteiger partial charge in [-0.25, -0.2) is 0 Å². The van der Waals surface area contributed by atoms with E-state index >= 15 is 0 Å². The zero-order valence-corrected chi connectivity index (χ0v) is 9.27. The number of hydrogen-bond acceptors (Lipinski definition) is 2. The van der Waals surface area contributed by atoms with E-state index in [-0.39, 0.29) is 5.25 Å². The maximum Gasteiger partial charge on any atom is 0.0574 e. The molecule has 1 aromatic rings. The largest absolute Gasteiger partial charge is 0.315 e. The molecule has 1 heterocycles. The van der Waals surface area contributed by atoms with Gasteiger partial charge in [0.1, 0.15) is 0 Å². The van der Waals surface area contributed by atoms with Crippen molar-refractivity contribution >= 4 is 22.4 Å². The first-order valence-electron chi connectivity index (χ1n) is 4.64. The van der Waals surface area contributed by atoms with Crippen LogP contribution >= 0.6 is 11.6 Å². The Kier molecular flexibility index (Phi) is 3.21. The van der Waals surface area contributed by atoms with Gasteiger partial charge in [-0.05, 0) is 37.2 Å². The summed E-state index contributed by atoms with van der Waals surface area (Å²) >= 11 is 5.76. The van der Waals surface area contributed by atoms with Crippen LogP contribution in [0.15, 0.2) is 29.2 Å². The van der Waals surface area contributed by atoms with E-state index < -0.39 is 10.8 Å². The summed E-state index contributed by atoms with van der Waals surface area (Å²) in [6.07, 6.45) is 0.995. The minimum atomic E-state index is -0.888. The van der Waals surface area contributed by atoms with Gasteiger partial charge in [-0.1, -0.05) is 11.6 Å². The third kappa shape index (κ3) is 2.16.